The molecular weight excluding hydrogens is 341 g/mol. The third kappa shape index (κ3) is 3.72. The van der Waals surface area contributed by atoms with E-state index in [1.807, 2.05) is 0 Å². The minimum Gasteiger partial charge on any atom is -0.366 e. The smallest absolute Gasteiger partial charge is 0.267 e. The van der Waals surface area contributed by atoms with Crippen molar-refractivity contribution in [2.45, 2.75) is 6.92 Å². The summed E-state index contributed by atoms with van der Waals surface area (Å²) < 4.78 is 13.0. The van der Waals surface area contributed by atoms with Crippen LogP contribution in [-0.4, -0.2) is 16.8 Å². The molecule has 0 saturated heterocycles. The molecule has 0 bridgehead atoms. The first-order valence-corrected chi connectivity index (χ1v) is 8.20. The second-order valence-corrected chi connectivity index (χ2v) is 6.34. The Morgan fingerprint density at radius 1 is 1.08 bits per heavy atom. The van der Waals surface area contributed by atoms with Crippen molar-refractivity contribution in [2.24, 2.45) is 5.73 Å². The molecule has 0 atom stereocenters. The molecule has 7 heteroatoms. The molecule has 0 fully saturated rings. The lowest BCUT2D eigenvalue weighted by Crippen LogP contribution is -2.13. The topological polar surface area (TPSA) is 85.1 Å². The summed E-state index contributed by atoms with van der Waals surface area (Å²) >= 11 is 1.23. The Labute approximate surface area is 147 Å². The zero-order valence-corrected chi connectivity index (χ0v) is 14.1. The average molecular weight is 355 g/mol. The Balaban J connectivity index is 1.80. The molecule has 0 aliphatic heterocycles. The van der Waals surface area contributed by atoms with Crippen molar-refractivity contribution in [3.05, 3.63) is 70.5 Å². The fourth-order valence-electron chi connectivity index (χ4n) is 2.23. The molecule has 0 aliphatic rings. The van der Waals surface area contributed by atoms with Crippen LogP contribution in [0.2, 0.25) is 0 Å². The van der Waals surface area contributed by atoms with Crippen molar-refractivity contribution < 1.29 is 14.0 Å². The van der Waals surface area contributed by atoms with Gasteiger partial charge in [-0.15, -0.1) is 11.3 Å². The first-order valence-electron chi connectivity index (χ1n) is 7.38. The number of primary amides is 1. The lowest BCUT2D eigenvalue weighted by atomic mass is 10.2. The molecule has 0 aliphatic carbocycles. The molecule has 0 saturated carbocycles. The van der Waals surface area contributed by atoms with Gasteiger partial charge >= 0.3 is 0 Å². The van der Waals surface area contributed by atoms with E-state index in [0.29, 0.717) is 26.8 Å². The molecule has 0 unspecified atom stereocenters. The molecule has 1 aromatic heterocycles. The van der Waals surface area contributed by atoms with E-state index in [9.17, 15) is 14.0 Å². The van der Waals surface area contributed by atoms with Gasteiger partial charge in [0.05, 0.1) is 5.69 Å². The van der Waals surface area contributed by atoms with Gasteiger partial charge in [-0.05, 0) is 55.5 Å². The second kappa shape index (κ2) is 6.82. The quantitative estimate of drug-likeness (QED) is 0.750. The van der Waals surface area contributed by atoms with Crippen molar-refractivity contribution in [2.75, 3.05) is 5.32 Å². The van der Waals surface area contributed by atoms with Gasteiger partial charge in [0.15, 0.2) is 0 Å². The summed E-state index contributed by atoms with van der Waals surface area (Å²) in [4.78, 5) is 28.4. The van der Waals surface area contributed by atoms with Gasteiger partial charge in [-0.25, -0.2) is 9.37 Å². The molecule has 2 amide bonds. The molecule has 5 nitrogen and oxygen atoms in total. The normalized spacial score (nSPS) is 10.5. The Kier molecular flexibility index (Phi) is 4.58. The molecule has 126 valence electrons. The minimum atomic E-state index is -0.528. The maximum Gasteiger partial charge on any atom is 0.267 e. The van der Waals surface area contributed by atoms with Crippen LogP contribution in [0.4, 0.5) is 10.1 Å². The highest BCUT2D eigenvalue weighted by Crippen LogP contribution is 2.28. The zero-order valence-electron chi connectivity index (χ0n) is 13.2. The van der Waals surface area contributed by atoms with E-state index in [1.165, 1.54) is 23.5 Å². The Hall–Kier alpha value is -3.06. The zero-order chi connectivity index (χ0) is 18.0. The average Bonchev–Trinajstić information content (AvgIpc) is 2.98. The lowest BCUT2D eigenvalue weighted by Gasteiger charge is -2.04. The number of anilines is 1. The highest BCUT2D eigenvalue weighted by Gasteiger charge is 2.16. The van der Waals surface area contributed by atoms with Gasteiger partial charge in [0.2, 0.25) is 5.91 Å². The second-order valence-electron chi connectivity index (χ2n) is 5.34. The predicted molar refractivity (Wildman–Crippen MR) is 95.2 cm³/mol. The highest BCUT2D eigenvalue weighted by atomic mass is 32.1. The summed E-state index contributed by atoms with van der Waals surface area (Å²) in [6.07, 6.45) is 0. The van der Waals surface area contributed by atoms with E-state index < -0.39 is 5.91 Å². The van der Waals surface area contributed by atoms with E-state index in [4.69, 9.17) is 5.73 Å². The van der Waals surface area contributed by atoms with Crippen LogP contribution in [0.25, 0.3) is 10.6 Å². The van der Waals surface area contributed by atoms with Crippen LogP contribution in [0.15, 0.2) is 48.5 Å². The first-order chi connectivity index (χ1) is 11.9. The summed E-state index contributed by atoms with van der Waals surface area (Å²) in [6, 6.07) is 12.3. The van der Waals surface area contributed by atoms with Crippen LogP contribution in [0.1, 0.15) is 25.7 Å². The van der Waals surface area contributed by atoms with Gasteiger partial charge in [-0.3, -0.25) is 9.59 Å². The fraction of sp³-hybridized carbons (Fsp3) is 0.0556. The van der Waals surface area contributed by atoms with Crippen molar-refractivity contribution in [1.82, 2.24) is 4.98 Å². The van der Waals surface area contributed by atoms with Gasteiger partial charge < -0.3 is 11.1 Å². The van der Waals surface area contributed by atoms with Crippen LogP contribution in [-0.2, 0) is 0 Å². The predicted octanol–water partition coefficient (Wildman–Crippen LogP) is 3.61. The summed E-state index contributed by atoms with van der Waals surface area (Å²) in [5, 5.41) is 3.40. The molecule has 0 spiro atoms. The maximum atomic E-state index is 13.0. The van der Waals surface area contributed by atoms with Crippen molar-refractivity contribution in [1.29, 1.82) is 0 Å². The number of carbonyl (C=O) groups excluding carboxylic acids is 2. The number of halogens is 1. The Bertz CT molecular complexity index is 934. The molecule has 1 heterocycles. The van der Waals surface area contributed by atoms with Crippen LogP contribution in [0.3, 0.4) is 0 Å². The van der Waals surface area contributed by atoms with Gasteiger partial charge in [-0.1, -0.05) is 0 Å². The van der Waals surface area contributed by atoms with E-state index in [1.54, 1.807) is 43.3 Å². The molecule has 25 heavy (non-hydrogen) atoms. The van der Waals surface area contributed by atoms with E-state index >= 15 is 0 Å². The monoisotopic (exact) mass is 355 g/mol. The summed E-state index contributed by atoms with van der Waals surface area (Å²) in [6.45, 7) is 1.74. The number of nitrogens with one attached hydrogen (secondary N) is 1. The number of nitrogens with zero attached hydrogens (tertiary/aromatic N) is 1. The van der Waals surface area contributed by atoms with E-state index in [2.05, 4.69) is 10.3 Å². The lowest BCUT2D eigenvalue weighted by molar-refractivity contribution is 0.0998. The number of amides is 2. The number of aryl methyl sites for hydroxylation is 1. The number of nitrogens with two attached hydrogens (primary N) is 1. The molecule has 3 aromatic rings. The number of carbonyl (C=O) groups is 2. The van der Waals surface area contributed by atoms with Crippen LogP contribution < -0.4 is 11.1 Å². The first kappa shape index (κ1) is 16.8. The highest BCUT2D eigenvalue weighted by molar-refractivity contribution is 7.17. The van der Waals surface area contributed by atoms with Crippen LogP contribution in [0.5, 0.6) is 0 Å². The van der Waals surface area contributed by atoms with Crippen LogP contribution >= 0.6 is 11.3 Å². The van der Waals surface area contributed by atoms with Crippen molar-refractivity contribution >= 4 is 28.8 Å². The maximum absolute atomic E-state index is 13.0. The number of hydrogen-bond acceptors (Lipinski definition) is 4. The third-order valence-electron chi connectivity index (χ3n) is 3.52. The Morgan fingerprint density at radius 3 is 2.32 bits per heavy atom. The Morgan fingerprint density at radius 2 is 1.72 bits per heavy atom. The SMILES string of the molecule is Cc1nc(-c2ccc(F)cc2)sc1C(=O)Nc1ccc(C(N)=O)cc1. The summed E-state index contributed by atoms with van der Waals surface area (Å²) in [7, 11) is 0. The van der Waals surface area contributed by atoms with E-state index in [0.717, 1.165) is 5.56 Å². The number of rotatable bonds is 4. The molecule has 0 radical (unpaired) electrons. The van der Waals surface area contributed by atoms with E-state index in [-0.39, 0.29) is 11.7 Å². The van der Waals surface area contributed by atoms with Gasteiger partial charge in [0, 0.05) is 16.8 Å². The number of benzene rings is 2. The van der Waals surface area contributed by atoms with Gasteiger partial charge in [-0.2, -0.15) is 0 Å². The molecule has 3 rings (SSSR count). The number of thiazole rings is 1. The van der Waals surface area contributed by atoms with Crippen molar-refractivity contribution in [3.63, 3.8) is 0 Å². The standard InChI is InChI=1S/C18H14FN3O2S/c1-10-15(25-18(21-10)12-2-6-13(19)7-3-12)17(24)22-14-8-4-11(5-9-14)16(20)23/h2-9H,1H3,(H2,20,23)(H,22,24). The molecular formula is C18H14FN3O2S. The van der Waals surface area contributed by atoms with Gasteiger partial charge in [0.1, 0.15) is 15.7 Å². The van der Waals surface area contributed by atoms with Gasteiger partial charge in [0.25, 0.3) is 5.91 Å². The summed E-state index contributed by atoms with van der Waals surface area (Å²) in [5.41, 5.74) is 7.44. The summed E-state index contributed by atoms with van der Waals surface area (Å²) in [5.74, 6) is -1.15. The fourth-order valence-corrected chi connectivity index (χ4v) is 3.20. The number of hydrogen-bond donors (Lipinski definition) is 2. The largest absolute Gasteiger partial charge is 0.366 e. The molecule has 2 aromatic carbocycles. The van der Waals surface area contributed by atoms with Crippen molar-refractivity contribution in [3.8, 4) is 10.6 Å². The minimum absolute atomic E-state index is 0.296. The molecule has 3 N–H and O–H groups in total. The van der Waals surface area contributed by atoms with Crippen LogP contribution in [0, 0.1) is 12.7 Å². The number of aromatic nitrogens is 1. The third-order valence-corrected chi connectivity index (χ3v) is 4.73.